The summed E-state index contributed by atoms with van der Waals surface area (Å²) < 4.78 is 2.57. The lowest BCUT2D eigenvalue weighted by Crippen LogP contribution is -2.33. The van der Waals surface area contributed by atoms with Crippen LogP contribution in [0, 0.1) is 13.8 Å². The molecule has 11 aromatic rings. The maximum Gasteiger partial charge on any atom is 0.0771 e. The number of benzene rings is 8. The molecular formula is C62H44N2S2. The Morgan fingerprint density at radius 3 is 1.89 bits per heavy atom. The van der Waals surface area contributed by atoms with Gasteiger partial charge in [0.1, 0.15) is 0 Å². The van der Waals surface area contributed by atoms with Crippen LogP contribution in [0.3, 0.4) is 0 Å². The van der Waals surface area contributed by atoms with Crippen LogP contribution >= 0.6 is 22.7 Å². The van der Waals surface area contributed by atoms with Crippen molar-refractivity contribution < 1.29 is 0 Å². The summed E-state index contributed by atoms with van der Waals surface area (Å²) in [6.07, 6.45) is 0. The molecule has 0 bridgehead atoms. The molecule has 1 spiro atoms. The lowest BCUT2D eigenvalue weighted by Gasteiger charge is -2.39. The molecule has 8 aromatic carbocycles. The minimum absolute atomic E-state index is 0.121. The highest BCUT2D eigenvalue weighted by molar-refractivity contribution is 7.21. The summed E-state index contributed by atoms with van der Waals surface area (Å²) in [5, 5.41) is 7.27. The van der Waals surface area contributed by atoms with Gasteiger partial charge in [-0.3, -0.25) is 0 Å². The molecule has 2 aliphatic carbocycles. The zero-order valence-corrected chi connectivity index (χ0v) is 38.8. The minimum atomic E-state index is -0.432. The van der Waals surface area contributed by atoms with Gasteiger partial charge in [0, 0.05) is 42.9 Å². The molecule has 3 aliphatic rings. The van der Waals surface area contributed by atoms with Gasteiger partial charge in [-0.15, -0.1) is 22.7 Å². The molecule has 3 aromatic heterocycles. The Hall–Kier alpha value is -7.24. The topological polar surface area (TPSA) is 8.17 Å². The van der Waals surface area contributed by atoms with Crippen LogP contribution < -0.4 is 4.90 Å². The van der Waals surface area contributed by atoms with Crippen LogP contribution in [0.2, 0.25) is 0 Å². The predicted octanol–water partition coefficient (Wildman–Crippen LogP) is 17.3. The number of aromatic nitrogens is 1. The zero-order chi connectivity index (χ0) is 44.1. The standard InChI is InChI=1S/C62H44N2S2/c1-37-18-26-56-47(32-37)48-33-38(2)34-54-58(48)64(56)57-27-21-41(35-53(57)62(54)50-28-30-65-59(50)60-51(62)29-31-66-60)39-19-22-42(23-20-39)63(55-17-11-9-14-44(55)40-12-6-5-7-13-40)43-24-25-46-45-15-8-10-16-49(45)61(3,4)52(46)36-43/h5-36H,1-4H3. The van der Waals surface area contributed by atoms with Crippen molar-refractivity contribution in [2.75, 3.05) is 4.90 Å². The molecule has 0 radical (unpaired) electrons. The maximum atomic E-state index is 2.57. The summed E-state index contributed by atoms with van der Waals surface area (Å²) in [6.45, 7) is 9.23. The first kappa shape index (κ1) is 38.1. The van der Waals surface area contributed by atoms with Crippen molar-refractivity contribution in [1.29, 1.82) is 0 Å². The van der Waals surface area contributed by atoms with E-state index in [0.29, 0.717) is 0 Å². The van der Waals surface area contributed by atoms with Crippen LogP contribution in [0.25, 0.3) is 70.6 Å². The first-order chi connectivity index (χ1) is 32.3. The fourth-order valence-corrected chi connectivity index (χ4v) is 14.3. The van der Waals surface area contributed by atoms with Gasteiger partial charge in [-0.1, -0.05) is 134 Å². The lowest BCUT2D eigenvalue weighted by atomic mass is 9.65. The SMILES string of the molecule is Cc1ccc2c(c1)c1cc(C)cc3c1n2-c1ccc(-c2ccc(N(c4ccc5c(c4)C(C)(C)c4ccccc4-5)c4ccccc4-c4ccccc4)cc2)cc1C31c2ccsc2-c2sccc21. The van der Waals surface area contributed by atoms with E-state index < -0.39 is 5.41 Å². The number of nitrogens with zero attached hydrogens (tertiary/aromatic N) is 2. The number of anilines is 3. The average Bonchev–Trinajstić information content (AvgIpc) is 4.17. The molecule has 0 N–H and O–H groups in total. The van der Waals surface area contributed by atoms with E-state index in [9.17, 15) is 0 Å². The molecule has 1 aliphatic heterocycles. The number of hydrogen-bond acceptors (Lipinski definition) is 3. The molecule has 2 nitrogen and oxygen atoms in total. The smallest absolute Gasteiger partial charge is 0.0771 e. The Kier molecular flexibility index (Phi) is 7.87. The van der Waals surface area contributed by atoms with Gasteiger partial charge in [0.15, 0.2) is 0 Å². The fraction of sp³-hybridized carbons (Fsp3) is 0.0968. The van der Waals surface area contributed by atoms with Gasteiger partial charge in [-0.05, 0) is 159 Å². The molecule has 4 heterocycles. The first-order valence-corrected chi connectivity index (χ1v) is 24.7. The van der Waals surface area contributed by atoms with Gasteiger partial charge in [0.2, 0.25) is 0 Å². The van der Waals surface area contributed by atoms with E-state index in [4.69, 9.17) is 0 Å². The van der Waals surface area contributed by atoms with Crippen LogP contribution in [0.4, 0.5) is 17.1 Å². The van der Waals surface area contributed by atoms with Gasteiger partial charge in [-0.2, -0.15) is 0 Å². The third-order valence-electron chi connectivity index (χ3n) is 15.1. The normalized spacial score (nSPS) is 14.3. The quantitative estimate of drug-likeness (QED) is 0.167. The summed E-state index contributed by atoms with van der Waals surface area (Å²) in [6, 6.07) is 69.0. The second-order valence-electron chi connectivity index (χ2n) is 19.0. The zero-order valence-electron chi connectivity index (χ0n) is 37.2. The van der Waals surface area contributed by atoms with Crippen LogP contribution in [0.15, 0.2) is 193 Å². The van der Waals surface area contributed by atoms with E-state index >= 15 is 0 Å². The van der Waals surface area contributed by atoms with Gasteiger partial charge in [0.05, 0.1) is 27.8 Å². The van der Waals surface area contributed by atoms with Gasteiger partial charge in [0.25, 0.3) is 0 Å². The van der Waals surface area contributed by atoms with Crippen LogP contribution in [0.5, 0.6) is 0 Å². The monoisotopic (exact) mass is 880 g/mol. The van der Waals surface area contributed by atoms with Crippen molar-refractivity contribution >= 4 is 61.5 Å². The number of hydrogen-bond donors (Lipinski definition) is 0. The number of fused-ring (bicyclic) bond motifs is 15. The first-order valence-electron chi connectivity index (χ1n) is 23.0. The van der Waals surface area contributed by atoms with Gasteiger partial charge >= 0.3 is 0 Å². The molecule has 0 saturated carbocycles. The van der Waals surface area contributed by atoms with Crippen molar-refractivity contribution in [1.82, 2.24) is 4.57 Å². The summed E-state index contributed by atoms with van der Waals surface area (Å²) in [5.41, 5.74) is 25.1. The van der Waals surface area contributed by atoms with Crippen LogP contribution in [-0.4, -0.2) is 4.57 Å². The van der Waals surface area contributed by atoms with Gasteiger partial charge < -0.3 is 9.47 Å². The van der Waals surface area contributed by atoms with Gasteiger partial charge in [-0.25, -0.2) is 0 Å². The van der Waals surface area contributed by atoms with E-state index in [2.05, 4.69) is 230 Å². The molecule has 0 atom stereocenters. The summed E-state index contributed by atoms with van der Waals surface area (Å²) in [4.78, 5) is 5.28. The molecule has 0 amide bonds. The van der Waals surface area contributed by atoms with Crippen LogP contribution in [0.1, 0.15) is 58.4 Å². The summed E-state index contributed by atoms with van der Waals surface area (Å²) >= 11 is 3.77. The highest BCUT2D eigenvalue weighted by atomic mass is 32.1. The van der Waals surface area contributed by atoms with Crippen LogP contribution in [-0.2, 0) is 10.8 Å². The second kappa shape index (κ2) is 13.6. The Morgan fingerprint density at radius 1 is 0.439 bits per heavy atom. The fourth-order valence-electron chi connectivity index (χ4n) is 12.2. The van der Waals surface area contributed by atoms with Crippen molar-refractivity contribution in [3.05, 3.63) is 237 Å². The highest BCUT2D eigenvalue weighted by Crippen LogP contribution is 2.64. The number of thiophene rings is 2. The van der Waals surface area contributed by atoms with E-state index in [1.54, 1.807) is 0 Å². The molecule has 0 fully saturated rings. The predicted molar refractivity (Wildman–Crippen MR) is 280 cm³/mol. The number of aryl methyl sites for hydroxylation is 2. The lowest BCUT2D eigenvalue weighted by molar-refractivity contribution is 0.660. The summed E-state index contributed by atoms with van der Waals surface area (Å²) in [7, 11) is 0. The maximum absolute atomic E-state index is 2.57. The Balaban J connectivity index is 0.964. The number of rotatable bonds is 5. The molecule has 4 heteroatoms. The molecule has 314 valence electrons. The number of para-hydroxylation sites is 1. The molecule has 0 unspecified atom stereocenters. The minimum Gasteiger partial charge on any atom is -0.310 e. The largest absolute Gasteiger partial charge is 0.310 e. The third-order valence-corrected chi connectivity index (χ3v) is 17.1. The van der Waals surface area contributed by atoms with Crippen molar-refractivity contribution in [3.8, 4) is 48.8 Å². The highest BCUT2D eigenvalue weighted by Gasteiger charge is 2.52. The average molecular weight is 881 g/mol. The van der Waals surface area contributed by atoms with E-state index in [1.807, 2.05) is 22.7 Å². The van der Waals surface area contributed by atoms with Crippen molar-refractivity contribution in [2.24, 2.45) is 0 Å². The molecule has 14 rings (SSSR count). The summed E-state index contributed by atoms with van der Waals surface area (Å²) in [5.74, 6) is 0. The Labute approximate surface area is 393 Å². The second-order valence-corrected chi connectivity index (χ2v) is 20.9. The Bertz CT molecular complexity index is 3780. The Morgan fingerprint density at radius 2 is 1.11 bits per heavy atom. The van der Waals surface area contributed by atoms with E-state index in [1.165, 1.54) is 115 Å². The van der Waals surface area contributed by atoms with Crippen molar-refractivity contribution in [3.63, 3.8) is 0 Å². The molecule has 0 saturated heterocycles. The van der Waals surface area contributed by atoms with Crippen molar-refractivity contribution in [2.45, 2.75) is 38.5 Å². The third kappa shape index (κ3) is 5.01. The molecule has 66 heavy (non-hydrogen) atoms. The van der Waals surface area contributed by atoms with E-state index in [-0.39, 0.29) is 5.41 Å². The van der Waals surface area contributed by atoms with E-state index in [0.717, 1.165) is 17.1 Å². The molecular weight excluding hydrogens is 837 g/mol.